The largest absolute Gasteiger partial charge is 0.487 e. The third kappa shape index (κ3) is 7.92. The average Bonchev–Trinajstić information content (AvgIpc) is 2.92. The van der Waals surface area contributed by atoms with E-state index in [9.17, 15) is 27.3 Å². The summed E-state index contributed by atoms with van der Waals surface area (Å²) in [7, 11) is -2.75. The minimum atomic E-state index is -4.39. The molecular formula is C28H32ClF2N3O6S2. The number of nitriles is 1. The van der Waals surface area contributed by atoms with Crippen molar-refractivity contribution in [2.45, 2.75) is 60.2 Å². The fourth-order valence-electron chi connectivity index (χ4n) is 4.63. The third-order valence-electron chi connectivity index (χ3n) is 7.25. The molecule has 1 amide bonds. The molecule has 1 N–H and O–H groups in total. The summed E-state index contributed by atoms with van der Waals surface area (Å²) >= 11 is 7.58. The second-order valence-corrected chi connectivity index (χ2v) is 13.5. The molecule has 0 aliphatic carbocycles. The standard InChI is InChI=1S/C28H32ClF2N3O6S2/c1-28(8-3-4-10-39-28)27(35)33-42(36,37)22-11-18(14-32)26(23(29)13-22)40-20(7-9-34-15-21(16-34)38-2)17-41-25-6-5-19(30)12-24(25)31/h5-6,11-13,20-21H,3-4,7-10,15-17H2,1-2H3,(H,33,35)/t20-,28-/m1/s1. The van der Waals surface area contributed by atoms with Gasteiger partial charge in [-0.2, -0.15) is 5.26 Å². The van der Waals surface area contributed by atoms with Crippen LogP contribution in [0.1, 0.15) is 38.2 Å². The molecular weight excluding hydrogens is 612 g/mol. The summed E-state index contributed by atoms with van der Waals surface area (Å²) < 4.78 is 72.9. The Morgan fingerprint density at radius 1 is 1.31 bits per heavy atom. The molecule has 2 aromatic carbocycles. The number of amides is 1. The Balaban J connectivity index is 1.52. The SMILES string of the molecule is COC1CN(CC[C@H](CSc2ccc(F)cc2F)Oc2c(Cl)cc(S(=O)(=O)NC(=O)[C@@]3(C)CCCCO3)cc2C#N)C1. The van der Waals surface area contributed by atoms with E-state index in [0.29, 0.717) is 26.0 Å². The number of sulfonamides is 1. The van der Waals surface area contributed by atoms with E-state index in [2.05, 4.69) is 4.90 Å². The summed E-state index contributed by atoms with van der Waals surface area (Å²) in [5.41, 5.74) is -1.44. The van der Waals surface area contributed by atoms with Gasteiger partial charge in [0.15, 0.2) is 5.75 Å². The molecule has 2 atom stereocenters. The van der Waals surface area contributed by atoms with Gasteiger partial charge in [0.1, 0.15) is 29.4 Å². The zero-order chi connectivity index (χ0) is 30.5. The van der Waals surface area contributed by atoms with Crippen LogP contribution in [0.25, 0.3) is 0 Å². The first-order valence-corrected chi connectivity index (χ1v) is 16.2. The van der Waals surface area contributed by atoms with E-state index in [1.54, 1.807) is 7.11 Å². The van der Waals surface area contributed by atoms with Gasteiger partial charge in [-0.05, 0) is 56.9 Å². The van der Waals surface area contributed by atoms with Gasteiger partial charge in [-0.3, -0.25) is 9.69 Å². The number of rotatable bonds is 12. The highest BCUT2D eigenvalue weighted by molar-refractivity contribution is 7.99. The lowest BCUT2D eigenvalue weighted by Gasteiger charge is -2.38. The fraction of sp³-hybridized carbons (Fsp3) is 0.500. The minimum Gasteiger partial charge on any atom is -0.487 e. The van der Waals surface area contributed by atoms with E-state index in [0.717, 1.165) is 62.0 Å². The molecule has 0 spiro atoms. The number of likely N-dealkylation sites (tertiary alicyclic amines) is 1. The minimum absolute atomic E-state index is 0.0319. The van der Waals surface area contributed by atoms with Gasteiger partial charge in [0, 0.05) is 50.1 Å². The Morgan fingerprint density at radius 2 is 2.07 bits per heavy atom. The van der Waals surface area contributed by atoms with Crippen LogP contribution in [0.4, 0.5) is 8.78 Å². The maximum atomic E-state index is 14.3. The van der Waals surface area contributed by atoms with Gasteiger partial charge in [0.05, 0.1) is 21.6 Å². The molecule has 0 saturated carbocycles. The number of hydrogen-bond acceptors (Lipinski definition) is 9. The van der Waals surface area contributed by atoms with E-state index < -0.39 is 39.3 Å². The highest BCUT2D eigenvalue weighted by atomic mass is 35.5. The van der Waals surface area contributed by atoms with Crippen LogP contribution >= 0.6 is 23.4 Å². The highest BCUT2D eigenvalue weighted by Crippen LogP contribution is 2.35. The summed E-state index contributed by atoms with van der Waals surface area (Å²) in [5.74, 6) is -1.99. The molecule has 0 radical (unpaired) electrons. The van der Waals surface area contributed by atoms with Crippen LogP contribution in [0.15, 0.2) is 40.1 Å². The molecule has 9 nitrogen and oxygen atoms in total. The third-order valence-corrected chi connectivity index (χ3v) is 10.0. The van der Waals surface area contributed by atoms with Gasteiger partial charge in [-0.1, -0.05) is 11.6 Å². The molecule has 14 heteroatoms. The zero-order valence-electron chi connectivity index (χ0n) is 23.2. The first kappa shape index (κ1) is 32.4. The van der Waals surface area contributed by atoms with Crippen molar-refractivity contribution >= 4 is 39.3 Å². The number of nitrogens with zero attached hydrogens (tertiary/aromatic N) is 2. The molecule has 0 bridgehead atoms. The van der Waals surface area contributed by atoms with Crippen molar-refractivity contribution in [2.24, 2.45) is 0 Å². The summed E-state index contributed by atoms with van der Waals surface area (Å²) in [6.07, 6.45) is 1.92. The van der Waals surface area contributed by atoms with Gasteiger partial charge in [-0.25, -0.2) is 21.9 Å². The molecule has 2 saturated heterocycles. The van der Waals surface area contributed by atoms with Crippen LogP contribution in [0.5, 0.6) is 5.75 Å². The van der Waals surface area contributed by atoms with Crippen molar-refractivity contribution in [1.29, 1.82) is 5.26 Å². The molecule has 2 heterocycles. The molecule has 0 aromatic heterocycles. The molecule has 2 aliphatic rings. The number of methoxy groups -OCH3 is 1. The first-order valence-electron chi connectivity index (χ1n) is 13.4. The maximum absolute atomic E-state index is 14.3. The van der Waals surface area contributed by atoms with Crippen LogP contribution in [0.3, 0.4) is 0 Å². The predicted molar refractivity (Wildman–Crippen MR) is 153 cm³/mol. The van der Waals surface area contributed by atoms with Crippen molar-refractivity contribution in [2.75, 3.05) is 39.1 Å². The summed E-state index contributed by atoms with van der Waals surface area (Å²) in [4.78, 5) is 14.8. The van der Waals surface area contributed by atoms with E-state index in [1.807, 2.05) is 10.8 Å². The Bertz CT molecular complexity index is 1440. The Morgan fingerprint density at radius 3 is 2.71 bits per heavy atom. The number of ether oxygens (including phenoxy) is 3. The Hall–Kier alpha value is -2.47. The van der Waals surface area contributed by atoms with E-state index in [-0.39, 0.29) is 38.0 Å². The van der Waals surface area contributed by atoms with Crippen LogP contribution in [-0.2, 0) is 24.3 Å². The number of carbonyl (C=O) groups is 1. The van der Waals surface area contributed by atoms with Crippen LogP contribution < -0.4 is 9.46 Å². The first-order chi connectivity index (χ1) is 19.9. The van der Waals surface area contributed by atoms with Crippen LogP contribution in [0, 0.1) is 23.0 Å². The number of benzene rings is 2. The fourth-order valence-corrected chi connectivity index (χ4v) is 7.04. The van der Waals surface area contributed by atoms with Gasteiger partial charge < -0.3 is 14.2 Å². The lowest BCUT2D eigenvalue weighted by atomic mass is 9.95. The monoisotopic (exact) mass is 643 g/mol. The van der Waals surface area contributed by atoms with E-state index >= 15 is 0 Å². The maximum Gasteiger partial charge on any atom is 0.265 e. The van der Waals surface area contributed by atoms with Crippen molar-refractivity contribution in [3.8, 4) is 11.8 Å². The molecule has 228 valence electrons. The van der Waals surface area contributed by atoms with Gasteiger partial charge in [-0.15, -0.1) is 11.8 Å². The van der Waals surface area contributed by atoms with Gasteiger partial charge >= 0.3 is 0 Å². The van der Waals surface area contributed by atoms with Gasteiger partial charge in [0.25, 0.3) is 15.9 Å². The number of thioether (sulfide) groups is 1. The van der Waals surface area contributed by atoms with Crippen LogP contribution in [0.2, 0.25) is 5.02 Å². The van der Waals surface area contributed by atoms with Crippen molar-refractivity contribution in [3.05, 3.63) is 52.6 Å². The number of nitrogens with one attached hydrogen (secondary N) is 1. The summed E-state index contributed by atoms with van der Waals surface area (Å²) in [6, 6.07) is 7.42. The Labute approximate surface area is 253 Å². The Kier molecular flexibility index (Phi) is 10.7. The zero-order valence-corrected chi connectivity index (χ0v) is 25.6. The van der Waals surface area contributed by atoms with E-state index in [4.69, 9.17) is 25.8 Å². The summed E-state index contributed by atoms with van der Waals surface area (Å²) in [6.45, 7) is 3.99. The average molecular weight is 644 g/mol. The predicted octanol–water partition coefficient (Wildman–Crippen LogP) is 4.51. The highest BCUT2D eigenvalue weighted by Gasteiger charge is 2.38. The van der Waals surface area contributed by atoms with Crippen molar-refractivity contribution in [3.63, 3.8) is 0 Å². The normalized spacial score (nSPS) is 20.4. The van der Waals surface area contributed by atoms with Crippen LogP contribution in [-0.4, -0.2) is 76.1 Å². The number of hydrogen-bond donors (Lipinski definition) is 1. The molecule has 4 rings (SSSR count). The summed E-state index contributed by atoms with van der Waals surface area (Å²) in [5, 5.41) is 9.72. The lowest BCUT2D eigenvalue weighted by molar-refractivity contribution is -0.148. The molecule has 2 aliphatic heterocycles. The molecule has 42 heavy (non-hydrogen) atoms. The van der Waals surface area contributed by atoms with E-state index in [1.165, 1.54) is 13.0 Å². The number of carbonyl (C=O) groups excluding carboxylic acids is 1. The van der Waals surface area contributed by atoms with Crippen molar-refractivity contribution in [1.82, 2.24) is 9.62 Å². The lowest BCUT2D eigenvalue weighted by Crippen LogP contribution is -2.52. The molecule has 2 aromatic rings. The molecule has 0 unspecified atom stereocenters. The number of halogens is 3. The molecule has 2 fully saturated rings. The topological polar surface area (TPSA) is 118 Å². The van der Waals surface area contributed by atoms with Gasteiger partial charge in [0.2, 0.25) is 0 Å². The smallest absolute Gasteiger partial charge is 0.265 e. The second kappa shape index (κ2) is 13.9. The van der Waals surface area contributed by atoms with Crippen molar-refractivity contribution < 1.29 is 36.2 Å². The quantitative estimate of drug-likeness (QED) is 0.333. The second-order valence-electron chi connectivity index (χ2n) is 10.4.